The number of anilines is 1. The summed E-state index contributed by atoms with van der Waals surface area (Å²) in [5.74, 6) is 1.55. The molecule has 0 saturated carbocycles. The lowest BCUT2D eigenvalue weighted by molar-refractivity contribution is -0.0754. The van der Waals surface area contributed by atoms with Crippen LogP contribution in [0.3, 0.4) is 0 Å². The van der Waals surface area contributed by atoms with Crippen LogP contribution in [0, 0.1) is 12.3 Å². The molecule has 0 amide bonds. The maximum Gasteiger partial charge on any atom is 0.490 e. The minimum Gasteiger partial charge on any atom is -0.386 e. The number of aromatic nitrogens is 4. The summed E-state index contributed by atoms with van der Waals surface area (Å²) in [7, 11) is -17.0. The number of nitrogens with two attached hydrogens (primary N) is 1. The Balaban J connectivity index is 1.85. The van der Waals surface area contributed by atoms with Crippen LogP contribution in [0.25, 0.3) is 11.2 Å². The molecule has 1 fully saturated rings. The fraction of sp³-hybridized carbons (Fsp3) is 0.462. The number of nitrogens with zero attached hydrogens (tertiary/aromatic N) is 4. The van der Waals surface area contributed by atoms with E-state index in [4.69, 9.17) is 26.7 Å². The molecule has 1 aliphatic rings. The van der Waals surface area contributed by atoms with Crippen LogP contribution in [0.2, 0.25) is 0 Å². The van der Waals surface area contributed by atoms with Crippen LogP contribution in [-0.4, -0.2) is 68.2 Å². The van der Waals surface area contributed by atoms with Gasteiger partial charge in [0.1, 0.15) is 17.7 Å². The van der Waals surface area contributed by atoms with Gasteiger partial charge in [0.05, 0.1) is 18.6 Å². The fourth-order valence-corrected chi connectivity index (χ4v) is 6.28. The number of nitrogen functional groups attached to an aromatic ring is 1. The first-order chi connectivity index (χ1) is 15.5. The number of phosphoric ester groups is 1. The molecule has 0 radical (unpaired) electrons. The van der Waals surface area contributed by atoms with Gasteiger partial charge in [0, 0.05) is 0 Å². The van der Waals surface area contributed by atoms with Gasteiger partial charge in [-0.15, -0.1) is 6.42 Å². The Labute approximate surface area is 189 Å². The second kappa shape index (κ2) is 8.99. The standard InChI is InChI=1S/C13H17FN5O12P3/c1-3-13(14)9(20)8(6(2)29-33(24,25)31-34(26,27)30-32(21,22)23)28-11(13)19-5-17-7-4-16-12(15)18-10(7)19/h1,4-6,8-9,11,20H,2H3,(H,24,25)(H,26,27)(H2,15,16,18)(H2,21,22,23)/t6-,8-,9+,11-,13?/m1/s1. The number of hydrogen-bond donors (Lipinski definition) is 6. The lowest BCUT2D eigenvalue weighted by atomic mass is 9.95. The highest BCUT2D eigenvalue weighted by atomic mass is 31.3. The van der Waals surface area contributed by atoms with Crippen LogP contribution in [0.1, 0.15) is 13.2 Å². The summed E-state index contributed by atoms with van der Waals surface area (Å²) in [6, 6.07) is 0. The number of alkyl halides is 1. The minimum absolute atomic E-state index is 0.0248. The van der Waals surface area contributed by atoms with Gasteiger partial charge in [-0.3, -0.25) is 9.09 Å². The predicted octanol–water partition coefficient (Wildman–Crippen LogP) is -0.260. The lowest BCUT2D eigenvalue weighted by Gasteiger charge is -2.25. The van der Waals surface area contributed by atoms with Crippen molar-refractivity contribution in [2.45, 2.75) is 37.1 Å². The lowest BCUT2D eigenvalue weighted by Crippen LogP contribution is -2.44. The van der Waals surface area contributed by atoms with E-state index in [2.05, 4.69) is 28.1 Å². The summed E-state index contributed by atoms with van der Waals surface area (Å²) in [6.07, 6.45) is 0.0279. The molecule has 34 heavy (non-hydrogen) atoms. The Morgan fingerprint density at radius 1 is 1.26 bits per heavy atom. The van der Waals surface area contributed by atoms with Crippen molar-refractivity contribution in [1.29, 1.82) is 0 Å². The third-order valence-electron chi connectivity index (χ3n) is 4.37. The molecule has 17 nitrogen and oxygen atoms in total. The average Bonchev–Trinajstić information content (AvgIpc) is 3.17. The van der Waals surface area contributed by atoms with E-state index >= 15 is 4.39 Å². The van der Waals surface area contributed by atoms with E-state index in [0.717, 1.165) is 17.8 Å². The largest absolute Gasteiger partial charge is 0.490 e. The van der Waals surface area contributed by atoms with E-state index in [1.54, 1.807) is 5.92 Å². The van der Waals surface area contributed by atoms with Gasteiger partial charge >= 0.3 is 23.5 Å². The number of aliphatic hydroxyl groups is 1. The van der Waals surface area contributed by atoms with Crippen molar-refractivity contribution in [1.82, 2.24) is 19.5 Å². The molecule has 3 heterocycles. The summed E-state index contributed by atoms with van der Waals surface area (Å²) in [5.41, 5.74) is 2.70. The van der Waals surface area contributed by atoms with Crippen molar-refractivity contribution in [3.05, 3.63) is 12.5 Å². The first kappa shape index (κ1) is 26.8. The number of fused-ring (bicyclic) bond motifs is 1. The molecule has 21 heteroatoms. The average molecular weight is 547 g/mol. The number of rotatable bonds is 8. The number of phosphoric acid groups is 3. The van der Waals surface area contributed by atoms with Crippen LogP contribution in [0.4, 0.5) is 10.3 Å². The predicted molar refractivity (Wildman–Crippen MR) is 107 cm³/mol. The molecule has 2 aromatic heterocycles. The van der Waals surface area contributed by atoms with Crippen LogP contribution < -0.4 is 5.73 Å². The minimum atomic E-state index is -5.80. The summed E-state index contributed by atoms with van der Waals surface area (Å²) in [6.45, 7) is 0.984. The molecular formula is C13H17FN5O12P3. The van der Waals surface area contributed by atoms with Gasteiger partial charge in [-0.25, -0.2) is 28.1 Å². The highest BCUT2D eigenvalue weighted by Gasteiger charge is 2.60. The molecule has 1 saturated heterocycles. The van der Waals surface area contributed by atoms with Crippen molar-refractivity contribution < 1.29 is 60.6 Å². The quantitative estimate of drug-likeness (QED) is 0.184. The normalized spacial score (nSPS) is 29.9. The Hall–Kier alpha value is -1.83. The van der Waals surface area contributed by atoms with Gasteiger partial charge < -0.3 is 35.2 Å². The number of imidazole rings is 1. The topological polar surface area (TPSA) is 259 Å². The van der Waals surface area contributed by atoms with Crippen LogP contribution >= 0.6 is 23.5 Å². The van der Waals surface area contributed by atoms with E-state index in [-0.39, 0.29) is 17.1 Å². The van der Waals surface area contributed by atoms with Gasteiger partial charge in [-0.2, -0.15) is 13.6 Å². The zero-order valence-electron chi connectivity index (χ0n) is 16.7. The van der Waals surface area contributed by atoms with E-state index in [1.165, 1.54) is 6.20 Å². The highest BCUT2D eigenvalue weighted by Crippen LogP contribution is 2.66. The number of ether oxygens (including phenoxy) is 1. The molecule has 0 bridgehead atoms. The molecule has 0 spiro atoms. The van der Waals surface area contributed by atoms with E-state index in [1.807, 2.05) is 0 Å². The van der Waals surface area contributed by atoms with Crippen molar-refractivity contribution in [2.75, 3.05) is 5.73 Å². The van der Waals surface area contributed by atoms with E-state index in [9.17, 15) is 28.6 Å². The fourth-order valence-electron chi connectivity index (χ4n) is 3.08. The van der Waals surface area contributed by atoms with E-state index in [0.29, 0.717) is 0 Å². The first-order valence-electron chi connectivity index (χ1n) is 8.75. The zero-order valence-corrected chi connectivity index (χ0v) is 19.4. The molecule has 7 atom stereocenters. The zero-order chi connectivity index (χ0) is 25.7. The Kier molecular flexibility index (Phi) is 7.08. The highest BCUT2D eigenvalue weighted by molar-refractivity contribution is 7.66. The second-order valence-corrected chi connectivity index (χ2v) is 11.2. The van der Waals surface area contributed by atoms with Gasteiger partial charge in [-0.1, -0.05) is 5.92 Å². The Morgan fingerprint density at radius 3 is 2.50 bits per heavy atom. The van der Waals surface area contributed by atoms with E-state index < -0.39 is 53.7 Å². The third kappa shape index (κ3) is 5.52. The van der Waals surface area contributed by atoms with Gasteiger partial charge in [0.2, 0.25) is 11.6 Å². The molecular weight excluding hydrogens is 530 g/mol. The molecule has 7 N–H and O–H groups in total. The Bertz CT molecular complexity index is 1280. The number of hydrogen-bond acceptors (Lipinski definition) is 12. The van der Waals surface area contributed by atoms with Gasteiger partial charge in [-0.05, 0) is 6.92 Å². The van der Waals surface area contributed by atoms with Gasteiger partial charge in [0.15, 0.2) is 11.9 Å². The van der Waals surface area contributed by atoms with Crippen LogP contribution in [0.15, 0.2) is 12.5 Å². The molecule has 2 aromatic rings. The summed E-state index contributed by atoms with van der Waals surface area (Å²) in [5, 5.41) is 10.5. The first-order valence-corrected chi connectivity index (χ1v) is 13.3. The second-order valence-electron chi connectivity index (χ2n) is 6.80. The number of aliphatic hydroxyl groups excluding tert-OH is 1. The van der Waals surface area contributed by atoms with Gasteiger partial charge in [0.25, 0.3) is 0 Å². The maximum absolute atomic E-state index is 15.6. The number of terminal acetylenes is 1. The third-order valence-corrected chi connectivity index (χ3v) is 8.30. The van der Waals surface area contributed by atoms with Crippen molar-refractivity contribution in [3.8, 4) is 12.3 Å². The van der Waals surface area contributed by atoms with Crippen molar-refractivity contribution >= 4 is 40.6 Å². The molecule has 0 aliphatic carbocycles. The SMILES string of the molecule is C#CC1(F)[C@@H](O)[C@@H]([C@@H](C)OP(=O)(O)OP(=O)(O)OP(=O)(O)O)O[C@H]1n1cnc2cnc(N)nc21. The molecule has 188 valence electrons. The summed E-state index contributed by atoms with van der Waals surface area (Å²) < 4.78 is 68.1. The van der Waals surface area contributed by atoms with Crippen LogP contribution in [-0.2, 0) is 31.6 Å². The molecule has 3 rings (SSSR count). The number of halogens is 1. The summed E-state index contributed by atoms with van der Waals surface area (Å²) >= 11 is 0. The summed E-state index contributed by atoms with van der Waals surface area (Å²) in [4.78, 5) is 47.6. The maximum atomic E-state index is 15.6. The van der Waals surface area contributed by atoms with Crippen molar-refractivity contribution in [3.63, 3.8) is 0 Å². The van der Waals surface area contributed by atoms with Crippen LogP contribution in [0.5, 0.6) is 0 Å². The Morgan fingerprint density at radius 2 is 1.91 bits per heavy atom. The molecule has 0 aromatic carbocycles. The smallest absolute Gasteiger partial charge is 0.386 e. The van der Waals surface area contributed by atoms with Crippen molar-refractivity contribution in [2.24, 2.45) is 0 Å². The molecule has 3 unspecified atom stereocenters. The monoisotopic (exact) mass is 547 g/mol. The molecule has 1 aliphatic heterocycles.